The molecule has 0 N–H and O–H groups in total. The van der Waals surface area contributed by atoms with Crippen LogP contribution in [0.15, 0.2) is 12.1 Å². The van der Waals surface area contributed by atoms with E-state index in [0.717, 1.165) is 6.07 Å². The van der Waals surface area contributed by atoms with Crippen molar-refractivity contribution in [2.45, 2.75) is 31.5 Å². The van der Waals surface area contributed by atoms with Crippen LogP contribution in [0.1, 0.15) is 29.6 Å². The van der Waals surface area contributed by atoms with E-state index in [1.165, 1.54) is 0 Å². The summed E-state index contributed by atoms with van der Waals surface area (Å²) in [5.41, 5.74) is -0.531. The van der Waals surface area contributed by atoms with Crippen molar-refractivity contribution in [2.75, 3.05) is 6.54 Å². The van der Waals surface area contributed by atoms with Gasteiger partial charge in [0.25, 0.3) is 5.91 Å². The Bertz CT molecular complexity index is 560. The fourth-order valence-corrected chi connectivity index (χ4v) is 2.82. The van der Waals surface area contributed by atoms with Gasteiger partial charge in [-0.05, 0) is 47.9 Å². The highest BCUT2D eigenvalue weighted by Gasteiger charge is 2.46. The van der Waals surface area contributed by atoms with Crippen molar-refractivity contribution >= 4 is 28.5 Å². The van der Waals surface area contributed by atoms with Crippen LogP contribution in [0.5, 0.6) is 0 Å². The molecule has 0 aromatic heterocycles. The lowest BCUT2D eigenvalue weighted by Gasteiger charge is -2.36. The molecule has 1 saturated heterocycles. The number of hydrogen-bond acceptors (Lipinski definition) is 1. The van der Waals surface area contributed by atoms with Crippen molar-refractivity contribution in [3.05, 3.63) is 32.9 Å². The van der Waals surface area contributed by atoms with E-state index in [1.807, 2.05) is 0 Å². The zero-order chi connectivity index (χ0) is 15.8. The molecule has 0 aliphatic carbocycles. The Kier molecular flexibility index (Phi) is 4.74. The Balaban J connectivity index is 2.36. The van der Waals surface area contributed by atoms with Crippen molar-refractivity contribution < 1.29 is 26.7 Å². The number of nitrogens with zero attached hydrogens (tertiary/aromatic N) is 1. The summed E-state index contributed by atoms with van der Waals surface area (Å²) in [6.07, 6.45) is -3.97. The number of hydrogen-bond donors (Lipinski definition) is 0. The first kappa shape index (κ1) is 16.4. The van der Waals surface area contributed by atoms with Gasteiger partial charge in [0.05, 0.1) is 5.56 Å². The first-order valence-corrected chi connectivity index (χ1v) is 7.32. The Morgan fingerprint density at radius 3 is 2.48 bits per heavy atom. The van der Waals surface area contributed by atoms with E-state index in [0.29, 0.717) is 23.8 Å². The molecule has 1 aromatic carbocycles. The second-order valence-electron chi connectivity index (χ2n) is 4.80. The molecule has 2 rings (SSSR count). The predicted molar refractivity (Wildman–Crippen MR) is 73.8 cm³/mol. The normalized spacial score (nSPS) is 19.7. The first-order chi connectivity index (χ1) is 9.71. The summed E-state index contributed by atoms with van der Waals surface area (Å²) in [5.74, 6) is -3.05. The lowest BCUT2D eigenvalue weighted by atomic mass is 10.00. The molecular formula is C13H11F5INO. The number of benzene rings is 1. The van der Waals surface area contributed by atoms with Crippen LogP contribution in [0.25, 0.3) is 0 Å². The van der Waals surface area contributed by atoms with Gasteiger partial charge in [-0.25, -0.2) is 8.78 Å². The Labute approximate surface area is 131 Å². The van der Waals surface area contributed by atoms with Crippen LogP contribution in [0.2, 0.25) is 0 Å². The molecule has 1 heterocycles. The number of likely N-dealkylation sites (tertiary alicyclic amines) is 1. The summed E-state index contributed by atoms with van der Waals surface area (Å²) in [4.78, 5) is 12.8. The van der Waals surface area contributed by atoms with Crippen LogP contribution in [-0.2, 0) is 0 Å². The first-order valence-electron chi connectivity index (χ1n) is 6.24. The fraction of sp³-hybridized carbons (Fsp3) is 0.462. The maximum absolute atomic E-state index is 13.7. The zero-order valence-corrected chi connectivity index (χ0v) is 12.8. The van der Waals surface area contributed by atoms with Gasteiger partial charge in [0.1, 0.15) is 17.7 Å². The van der Waals surface area contributed by atoms with Gasteiger partial charge in [-0.2, -0.15) is 13.2 Å². The van der Waals surface area contributed by atoms with Crippen LogP contribution in [0.3, 0.4) is 0 Å². The number of alkyl halides is 3. The van der Waals surface area contributed by atoms with E-state index >= 15 is 0 Å². The second-order valence-corrected chi connectivity index (χ2v) is 5.96. The van der Waals surface area contributed by atoms with Gasteiger partial charge in [0, 0.05) is 16.2 Å². The highest BCUT2D eigenvalue weighted by atomic mass is 127. The molecule has 1 amide bonds. The number of piperidine rings is 1. The summed E-state index contributed by atoms with van der Waals surface area (Å²) >= 11 is 1.56. The maximum atomic E-state index is 13.7. The van der Waals surface area contributed by atoms with E-state index in [4.69, 9.17) is 0 Å². The number of carbonyl (C=O) groups is 1. The average Bonchev–Trinajstić information content (AvgIpc) is 2.41. The summed E-state index contributed by atoms with van der Waals surface area (Å²) in [5, 5.41) is 0. The molecule has 21 heavy (non-hydrogen) atoms. The van der Waals surface area contributed by atoms with Crippen LogP contribution in [-0.4, -0.2) is 29.6 Å². The molecule has 2 nitrogen and oxygen atoms in total. The SMILES string of the molecule is O=C(c1cc(I)c(F)cc1F)N1CCCCC1C(F)(F)F. The summed E-state index contributed by atoms with van der Waals surface area (Å²) in [6.45, 7) is -0.0869. The Morgan fingerprint density at radius 2 is 1.86 bits per heavy atom. The monoisotopic (exact) mass is 419 g/mol. The van der Waals surface area contributed by atoms with Crippen molar-refractivity contribution in [3.63, 3.8) is 0 Å². The van der Waals surface area contributed by atoms with E-state index in [-0.39, 0.29) is 16.5 Å². The summed E-state index contributed by atoms with van der Waals surface area (Å²) < 4.78 is 65.7. The van der Waals surface area contributed by atoms with Crippen molar-refractivity contribution in [3.8, 4) is 0 Å². The van der Waals surface area contributed by atoms with Crippen LogP contribution < -0.4 is 0 Å². The molecule has 1 aliphatic heterocycles. The van der Waals surface area contributed by atoms with Gasteiger partial charge < -0.3 is 4.90 Å². The number of amides is 1. The van der Waals surface area contributed by atoms with Gasteiger partial charge in [-0.3, -0.25) is 4.79 Å². The highest BCUT2D eigenvalue weighted by Crippen LogP contribution is 2.33. The standard InChI is InChI=1S/C13H11F5INO/c14-8-6-9(15)10(19)5-7(8)12(21)20-4-2-1-3-11(20)13(16,17)18/h5-6,11H,1-4H2. The minimum absolute atomic E-state index is 0.0158. The van der Waals surface area contributed by atoms with Crippen LogP contribution in [0.4, 0.5) is 22.0 Å². The van der Waals surface area contributed by atoms with E-state index in [9.17, 15) is 26.7 Å². The lowest BCUT2D eigenvalue weighted by Crippen LogP contribution is -2.51. The number of carbonyl (C=O) groups excluding carboxylic acids is 1. The van der Waals surface area contributed by atoms with E-state index in [1.54, 1.807) is 22.6 Å². The molecule has 116 valence electrons. The molecule has 1 atom stereocenters. The van der Waals surface area contributed by atoms with Crippen molar-refractivity contribution in [2.24, 2.45) is 0 Å². The van der Waals surface area contributed by atoms with Gasteiger partial charge in [0.15, 0.2) is 0 Å². The molecule has 1 aromatic rings. The zero-order valence-electron chi connectivity index (χ0n) is 10.7. The third-order valence-corrected chi connectivity index (χ3v) is 4.21. The highest BCUT2D eigenvalue weighted by molar-refractivity contribution is 14.1. The number of rotatable bonds is 1. The minimum atomic E-state index is -4.56. The van der Waals surface area contributed by atoms with Crippen LogP contribution >= 0.6 is 22.6 Å². The molecule has 0 spiro atoms. The molecule has 0 bridgehead atoms. The summed E-state index contributed by atoms with van der Waals surface area (Å²) in [7, 11) is 0. The average molecular weight is 419 g/mol. The largest absolute Gasteiger partial charge is 0.408 e. The molecule has 8 heteroatoms. The topological polar surface area (TPSA) is 20.3 Å². The van der Waals surface area contributed by atoms with Gasteiger partial charge >= 0.3 is 6.18 Å². The minimum Gasteiger partial charge on any atom is -0.326 e. The van der Waals surface area contributed by atoms with Gasteiger partial charge in [-0.15, -0.1) is 0 Å². The molecule has 1 fully saturated rings. The molecular weight excluding hydrogens is 408 g/mol. The molecule has 0 radical (unpaired) electrons. The van der Waals surface area contributed by atoms with E-state index < -0.39 is 35.3 Å². The Morgan fingerprint density at radius 1 is 1.19 bits per heavy atom. The van der Waals surface area contributed by atoms with Crippen molar-refractivity contribution in [1.82, 2.24) is 4.90 Å². The number of halogens is 6. The molecule has 1 aliphatic rings. The smallest absolute Gasteiger partial charge is 0.326 e. The van der Waals surface area contributed by atoms with Gasteiger partial charge in [0.2, 0.25) is 0 Å². The predicted octanol–water partition coefficient (Wildman–Crippen LogP) is 4.13. The summed E-state index contributed by atoms with van der Waals surface area (Å²) in [6, 6.07) is -0.460. The maximum Gasteiger partial charge on any atom is 0.408 e. The van der Waals surface area contributed by atoms with E-state index in [2.05, 4.69) is 0 Å². The lowest BCUT2D eigenvalue weighted by molar-refractivity contribution is -0.183. The van der Waals surface area contributed by atoms with Crippen molar-refractivity contribution in [1.29, 1.82) is 0 Å². The quantitative estimate of drug-likeness (QED) is 0.381. The van der Waals surface area contributed by atoms with Gasteiger partial charge in [-0.1, -0.05) is 0 Å². The second kappa shape index (κ2) is 6.05. The van der Waals surface area contributed by atoms with Crippen LogP contribution in [0, 0.1) is 15.2 Å². The third-order valence-electron chi connectivity index (χ3n) is 3.38. The molecule has 1 unspecified atom stereocenters. The Hall–Kier alpha value is -0.930. The third kappa shape index (κ3) is 3.46. The fourth-order valence-electron chi connectivity index (χ4n) is 2.36. The molecule has 0 saturated carbocycles.